The van der Waals surface area contributed by atoms with E-state index >= 15 is 0 Å². The molecule has 0 amide bonds. The summed E-state index contributed by atoms with van der Waals surface area (Å²) >= 11 is 0. The van der Waals surface area contributed by atoms with Gasteiger partial charge in [0.1, 0.15) is 0 Å². The molecule has 0 bridgehead atoms. The molecule has 0 aliphatic carbocycles. The Bertz CT molecular complexity index is 610. The van der Waals surface area contributed by atoms with Crippen molar-refractivity contribution in [1.82, 2.24) is 0 Å². The van der Waals surface area contributed by atoms with Crippen molar-refractivity contribution < 1.29 is 88.4 Å². The Kier molecular flexibility index (Phi) is 20.7. The number of alkyl halides is 12. The van der Waals surface area contributed by atoms with Gasteiger partial charge in [-0.15, -0.1) is 26.2 Å². The monoisotopic (exact) mass is 642 g/mol. The minimum Gasteiger partial charge on any atom is -0.662 e. The third-order valence-electron chi connectivity index (χ3n) is 4.17. The number of hydrogen-bond acceptors (Lipinski definition) is 4. The van der Waals surface area contributed by atoms with Gasteiger partial charge < -0.3 is 10.6 Å². The van der Waals surface area contributed by atoms with Crippen LogP contribution in [0.1, 0.15) is 51.4 Å². The van der Waals surface area contributed by atoms with Crippen LogP contribution >= 0.6 is 0 Å². The van der Waals surface area contributed by atoms with Crippen LogP contribution in [0.25, 0.3) is 10.6 Å². The Morgan fingerprint density at radius 3 is 0.667 bits per heavy atom. The van der Waals surface area contributed by atoms with Crippen molar-refractivity contribution in [3.8, 4) is 0 Å². The molecule has 2 fully saturated rings. The van der Waals surface area contributed by atoms with E-state index in [1.54, 1.807) is 0 Å². The van der Waals surface area contributed by atoms with Gasteiger partial charge in [-0.05, 0) is 0 Å². The molecule has 0 aromatic heterocycles. The topological polar surface area (TPSA) is 96.5 Å². The molecule has 39 heavy (non-hydrogen) atoms. The summed E-state index contributed by atoms with van der Waals surface area (Å²) in [6.07, 6.45) is -17.8. The summed E-state index contributed by atoms with van der Waals surface area (Å²) in [7, 11) is 0. The van der Waals surface area contributed by atoms with Crippen LogP contribution in [0.15, 0.2) is 0 Å². The van der Waals surface area contributed by atoms with Gasteiger partial charge in [-0.25, -0.2) is 0 Å². The van der Waals surface area contributed by atoms with Crippen LogP contribution < -0.4 is 0 Å². The van der Waals surface area contributed by atoms with Crippen LogP contribution in [-0.4, -0.2) is 74.0 Å². The van der Waals surface area contributed by atoms with E-state index in [0.29, 0.717) is 0 Å². The summed E-state index contributed by atoms with van der Waals surface area (Å²) in [6, 6.07) is 0. The first-order chi connectivity index (χ1) is 17.1. The largest absolute Gasteiger partial charge is 2.00 e. The van der Waals surface area contributed by atoms with Crippen molar-refractivity contribution in [1.29, 1.82) is 0 Å². The van der Waals surface area contributed by atoms with Crippen molar-refractivity contribution in [2.45, 2.75) is 76.1 Å². The number of hydrogen-bond donors (Lipinski definition) is 0. The summed E-state index contributed by atoms with van der Waals surface area (Å²) < 4.78 is 136. The van der Waals surface area contributed by atoms with Gasteiger partial charge in [0.25, 0.3) is 0 Å². The number of rotatable bonds is 4. The van der Waals surface area contributed by atoms with E-state index in [0.717, 1.165) is 26.2 Å². The molecule has 19 heteroatoms. The Balaban J connectivity index is -0.000000463. The summed E-state index contributed by atoms with van der Waals surface area (Å²) in [5, 5.41) is 8.35. The first kappa shape index (κ1) is 41.7. The molecule has 0 spiro atoms. The maximum absolute atomic E-state index is 11.3. The van der Waals surface area contributed by atoms with Crippen molar-refractivity contribution >= 4 is 23.1 Å². The Labute approximate surface area is 224 Å². The van der Waals surface area contributed by atoms with Crippen LogP contribution in [0, 0.1) is 0 Å². The second-order valence-corrected chi connectivity index (χ2v) is 7.50. The molecule has 0 aromatic rings. The van der Waals surface area contributed by atoms with Gasteiger partial charge in [-0.2, -0.15) is 52.7 Å². The van der Waals surface area contributed by atoms with Gasteiger partial charge >= 0.3 is 41.2 Å². The summed E-state index contributed by atoms with van der Waals surface area (Å²) in [5.41, 5.74) is 0. The zero-order valence-corrected chi connectivity index (χ0v) is 20.9. The molecule has 0 radical (unpaired) electrons. The number of carbonyl (C=O) groups is 4. The molecule has 232 valence electrons. The number of nitrogens with zero attached hydrogens (tertiary/aromatic N) is 2. The Morgan fingerprint density at radius 2 is 0.590 bits per heavy atom. The average Bonchev–Trinajstić information content (AvgIpc) is 2.80. The van der Waals surface area contributed by atoms with Gasteiger partial charge in [0.2, 0.25) is 23.1 Å². The molecule has 0 unspecified atom stereocenters. The van der Waals surface area contributed by atoms with Crippen LogP contribution in [0.3, 0.4) is 0 Å². The van der Waals surface area contributed by atoms with Crippen LogP contribution in [0.2, 0.25) is 0 Å². The van der Waals surface area contributed by atoms with Gasteiger partial charge in [0, 0.05) is 0 Å². The zero-order valence-electron chi connectivity index (χ0n) is 19.9. The second kappa shape index (κ2) is 19.4. The first-order valence-electron chi connectivity index (χ1n) is 10.8. The molecule has 2 aliphatic heterocycles. The van der Waals surface area contributed by atoms with Crippen molar-refractivity contribution in [2.75, 3.05) is 26.2 Å². The normalized spacial score (nSPS) is 15.9. The molecule has 6 nitrogen and oxygen atoms in total. The van der Waals surface area contributed by atoms with Crippen molar-refractivity contribution in [3.05, 3.63) is 10.6 Å². The maximum atomic E-state index is 11.3. The average molecular weight is 643 g/mol. The van der Waals surface area contributed by atoms with Crippen molar-refractivity contribution in [3.63, 3.8) is 0 Å². The first-order valence-corrected chi connectivity index (χ1v) is 10.8. The van der Waals surface area contributed by atoms with E-state index in [-0.39, 0.29) is 16.5 Å². The molecule has 2 heterocycles. The molecule has 2 aliphatic rings. The maximum Gasteiger partial charge on any atom is 2.00 e. The van der Waals surface area contributed by atoms with Gasteiger partial charge in [0.15, 0.2) is 0 Å². The third-order valence-corrected chi connectivity index (χ3v) is 4.17. The minimum atomic E-state index is -5.40. The van der Waals surface area contributed by atoms with Crippen LogP contribution in [-0.2, 0) is 35.7 Å². The number of Topliss-reactive ketones (excluding diaryl/α,β-unsaturated/α-hetero) is 4. The number of ketones is 4. The van der Waals surface area contributed by atoms with Crippen molar-refractivity contribution in [2.24, 2.45) is 0 Å². The third kappa shape index (κ3) is 23.8. The van der Waals surface area contributed by atoms with E-state index in [1.165, 1.54) is 38.5 Å². The van der Waals surface area contributed by atoms with Crippen LogP contribution in [0.5, 0.6) is 0 Å². The molecular formula is C20H24F12N2NiO4. The van der Waals surface area contributed by atoms with E-state index in [4.69, 9.17) is 0 Å². The summed E-state index contributed by atoms with van der Waals surface area (Å²) in [4.78, 5) is 39.5. The standard InChI is InChI=1S/2C5H2F6O2.2C5H10N.Ni/c2*6-4(7,8)2(12)1-3(13)5(9,10)11;2*1-2-4-6-5-3-1;/h2*1H2;2*1-5H2;/q;;2*-1;+2. The van der Waals surface area contributed by atoms with Crippen LogP contribution in [0.4, 0.5) is 52.7 Å². The molecule has 2 rings (SSSR count). The smallest absolute Gasteiger partial charge is 0.662 e. The summed E-state index contributed by atoms with van der Waals surface area (Å²) in [5.74, 6) is -10.8. The molecular weight excluding hydrogens is 619 g/mol. The van der Waals surface area contributed by atoms with E-state index < -0.39 is 60.7 Å². The van der Waals surface area contributed by atoms with Gasteiger partial charge in [0.05, 0.1) is 12.8 Å². The van der Waals surface area contributed by atoms with E-state index in [1.807, 2.05) is 0 Å². The predicted molar refractivity (Wildman–Crippen MR) is 107 cm³/mol. The fourth-order valence-electron chi connectivity index (χ4n) is 2.16. The predicted octanol–water partition coefficient (Wildman–Crippen LogP) is 6.36. The fraction of sp³-hybridized carbons (Fsp3) is 0.800. The second-order valence-electron chi connectivity index (χ2n) is 7.50. The molecule has 0 saturated carbocycles. The van der Waals surface area contributed by atoms with E-state index in [9.17, 15) is 71.9 Å². The number of piperidine rings is 2. The van der Waals surface area contributed by atoms with E-state index in [2.05, 4.69) is 10.6 Å². The number of carbonyl (C=O) groups excluding carboxylic acids is 4. The minimum absolute atomic E-state index is 0. The van der Waals surface area contributed by atoms with Gasteiger partial charge in [-0.3, -0.25) is 19.2 Å². The SMILES string of the molecule is C1CC[N-]CC1.C1CC[N-]CC1.O=C(CC(=O)C(F)(F)F)C(F)(F)F.O=C(CC(=O)C(F)(F)F)C(F)(F)F.[Ni+2]. The fourth-order valence-corrected chi connectivity index (χ4v) is 2.16. The molecule has 0 atom stereocenters. The molecule has 0 N–H and O–H groups in total. The quantitative estimate of drug-likeness (QED) is 0.202. The Hall–Kier alpha value is -1.75. The zero-order chi connectivity index (χ0) is 30.2. The summed E-state index contributed by atoms with van der Waals surface area (Å²) in [6.45, 7) is 4.50. The molecule has 2 saturated heterocycles. The Morgan fingerprint density at radius 1 is 0.410 bits per heavy atom. The molecule has 0 aromatic carbocycles. The van der Waals surface area contributed by atoms with Gasteiger partial charge in [-0.1, -0.05) is 38.5 Å². The number of halogens is 12.